The number of oxazole rings is 1. The summed E-state index contributed by atoms with van der Waals surface area (Å²) in [6.07, 6.45) is 0.877. The molecule has 2 amide bonds. The monoisotopic (exact) mass is 355 g/mol. The first-order chi connectivity index (χ1) is 12.4. The lowest BCUT2D eigenvalue weighted by Gasteiger charge is -2.18. The van der Waals surface area contributed by atoms with Crippen LogP contribution in [0.2, 0.25) is 0 Å². The van der Waals surface area contributed by atoms with Crippen molar-refractivity contribution in [2.24, 2.45) is 7.05 Å². The molecular formula is C18H21N5O3. The number of urea groups is 1. The number of anilines is 1. The van der Waals surface area contributed by atoms with E-state index in [-0.39, 0.29) is 12.1 Å². The summed E-state index contributed by atoms with van der Waals surface area (Å²) in [7, 11) is 1.65. The first-order valence-corrected chi connectivity index (χ1v) is 8.60. The molecule has 0 bridgehead atoms. The van der Waals surface area contributed by atoms with Crippen molar-refractivity contribution in [2.45, 2.75) is 26.3 Å². The molecule has 1 aliphatic rings. The summed E-state index contributed by atoms with van der Waals surface area (Å²) in [5.41, 5.74) is 3.85. The summed E-state index contributed by atoms with van der Waals surface area (Å²) in [5, 5.41) is 7.41. The molecule has 1 aromatic carbocycles. The first kappa shape index (κ1) is 16.4. The molecule has 0 aliphatic carbocycles. The van der Waals surface area contributed by atoms with E-state index < -0.39 is 5.76 Å². The van der Waals surface area contributed by atoms with Crippen LogP contribution in [-0.4, -0.2) is 38.4 Å². The van der Waals surface area contributed by atoms with Crippen LogP contribution >= 0.6 is 0 Å². The van der Waals surface area contributed by atoms with Gasteiger partial charge in [-0.15, -0.1) is 0 Å². The molecule has 4 rings (SSSR count). The van der Waals surface area contributed by atoms with Gasteiger partial charge in [0.1, 0.15) is 0 Å². The second-order valence-corrected chi connectivity index (χ2v) is 6.80. The Kier molecular flexibility index (Phi) is 3.82. The van der Waals surface area contributed by atoms with E-state index in [1.165, 1.54) is 4.57 Å². The highest BCUT2D eigenvalue weighted by molar-refractivity contribution is 5.91. The third-order valence-corrected chi connectivity index (χ3v) is 4.88. The number of aromatic nitrogens is 3. The van der Waals surface area contributed by atoms with Gasteiger partial charge in [-0.3, -0.25) is 9.25 Å². The number of carbonyl (C=O) groups is 1. The van der Waals surface area contributed by atoms with E-state index in [4.69, 9.17) is 4.42 Å². The van der Waals surface area contributed by atoms with Crippen molar-refractivity contribution in [3.8, 4) is 0 Å². The molecule has 0 radical (unpaired) electrons. The molecular weight excluding hydrogens is 334 g/mol. The van der Waals surface area contributed by atoms with Crippen molar-refractivity contribution >= 4 is 22.8 Å². The number of carbonyl (C=O) groups excluding carboxylic acids is 1. The number of amides is 2. The van der Waals surface area contributed by atoms with E-state index in [9.17, 15) is 9.59 Å². The van der Waals surface area contributed by atoms with Crippen LogP contribution in [0.5, 0.6) is 0 Å². The SMILES string of the molecule is Cc1cc(C)n([C@H]2CCN(C(=O)Nc3ccc4c(c3)oc(=O)n4C)C2)n1. The number of rotatable bonds is 2. The Morgan fingerprint density at radius 2 is 2.12 bits per heavy atom. The predicted molar refractivity (Wildman–Crippen MR) is 97.4 cm³/mol. The lowest BCUT2D eigenvalue weighted by Crippen LogP contribution is -2.33. The van der Waals surface area contributed by atoms with E-state index in [0.717, 1.165) is 17.8 Å². The molecule has 26 heavy (non-hydrogen) atoms. The normalized spacial score (nSPS) is 17.2. The molecule has 0 spiro atoms. The van der Waals surface area contributed by atoms with Crippen LogP contribution < -0.4 is 11.1 Å². The number of benzene rings is 1. The van der Waals surface area contributed by atoms with Gasteiger partial charge in [0.15, 0.2) is 5.58 Å². The zero-order chi connectivity index (χ0) is 18.4. The van der Waals surface area contributed by atoms with Gasteiger partial charge in [-0.1, -0.05) is 0 Å². The molecule has 2 aromatic heterocycles. The number of aryl methyl sites for hydroxylation is 3. The predicted octanol–water partition coefficient (Wildman–Crippen LogP) is 2.42. The van der Waals surface area contributed by atoms with Crippen molar-refractivity contribution in [3.63, 3.8) is 0 Å². The van der Waals surface area contributed by atoms with Gasteiger partial charge in [0.05, 0.1) is 17.3 Å². The second kappa shape index (κ2) is 6.05. The Balaban J connectivity index is 1.47. The van der Waals surface area contributed by atoms with Gasteiger partial charge in [0.2, 0.25) is 0 Å². The average Bonchev–Trinajstić information content (AvgIpc) is 3.27. The van der Waals surface area contributed by atoms with E-state index in [1.54, 1.807) is 30.1 Å². The van der Waals surface area contributed by atoms with Gasteiger partial charge in [0, 0.05) is 37.6 Å². The summed E-state index contributed by atoms with van der Waals surface area (Å²) in [4.78, 5) is 25.9. The van der Waals surface area contributed by atoms with Gasteiger partial charge >= 0.3 is 11.8 Å². The van der Waals surface area contributed by atoms with Crippen LogP contribution in [0.4, 0.5) is 10.5 Å². The summed E-state index contributed by atoms with van der Waals surface area (Å²) < 4.78 is 8.61. The molecule has 1 atom stereocenters. The number of hydrogen-bond donors (Lipinski definition) is 1. The topological polar surface area (TPSA) is 85.3 Å². The molecule has 8 nitrogen and oxygen atoms in total. The van der Waals surface area contributed by atoms with Crippen molar-refractivity contribution in [1.82, 2.24) is 19.2 Å². The van der Waals surface area contributed by atoms with E-state index in [1.807, 2.05) is 24.6 Å². The average molecular weight is 355 g/mol. The highest BCUT2D eigenvalue weighted by Crippen LogP contribution is 2.24. The van der Waals surface area contributed by atoms with E-state index in [2.05, 4.69) is 10.4 Å². The molecule has 1 aliphatic heterocycles. The molecule has 0 saturated carbocycles. The summed E-state index contributed by atoms with van der Waals surface area (Å²) >= 11 is 0. The van der Waals surface area contributed by atoms with Crippen LogP contribution in [-0.2, 0) is 7.05 Å². The Morgan fingerprint density at radius 3 is 2.85 bits per heavy atom. The molecule has 1 fully saturated rings. The van der Waals surface area contributed by atoms with Gasteiger partial charge in [-0.05, 0) is 38.5 Å². The van der Waals surface area contributed by atoms with Crippen molar-refractivity contribution in [1.29, 1.82) is 0 Å². The quantitative estimate of drug-likeness (QED) is 0.765. The zero-order valence-corrected chi connectivity index (χ0v) is 15.0. The third kappa shape index (κ3) is 2.77. The van der Waals surface area contributed by atoms with E-state index in [0.29, 0.717) is 29.9 Å². The fourth-order valence-electron chi connectivity index (χ4n) is 3.56. The molecule has 3 aromatic rings. The summed E-state index contributed by atoms with van der Waals surface area (Å²) in [5.74, 6) is -0.421. The van der Waals surface area contributed by atoms with Crippen molar-refractivity contribution in [2.75, 3.05) is 18.4 Å². The maximum Gasteiger partial charge on any atom is 0.419 e. The number of likely N-dealkylation sites (tertiary alicyclic amines) is 1. The van der Waals surface area contributed by atoms with Crippen LogP contribution in [0.25, 0.3) is 11.1 Å². The highest BCUT2D eigenvalue weighted by atomic mass is 16.4. The van der Waals surface area contributed by atoms with Crippen LogP contribution in [0.1, 0.15) is 23.9 Å². The van der Waals surface area contributed by atoms with Crippen LogP contribution in [0.3, 0.4) is 0 Å². The summed E-state index contributed by atoms with van der Waals surface area (Å²) in [6.45, 7) is 5.31. The fraction of sp³-hybridized carbons (Fsp3) is 0.389. The van der Waals surface area contributed by atoms with Gasteiger partial charge in [-0.2, -0.15) is 5.10 Å². The third-order valence-electron chi connectivity index (χ3n) is 4.88. The Bertz CT molecular complexity index is 1040. The molecule has 1 saturated heterocycles. The minimum Gasteiger partial charge on any atom is -0.408 e. The van der Waals surface area contributed by atoms with Gasteiger partial charge in [-0.25, -0.2) is 9.59 Å². The number of nitrogens with one attached hydrogen (secondary N) is 1. The fourth-order valence-corrected chi connectivity index (χ4v) is 3.56. The van der Waals surface area contributed by atoms with Crippen LogP contribution in [0.15, 0.2) is 33.5 Å². The van der Waals surface area contributed by atoms with Gasteiger partial charge < -0.3 is 14.6 Å². The van der Waals surface area contributed by atoms with Crippen molar-refractivity contribution in [3.05, 3.63) is 46.2 Å². The Morgan fingerprint density at radius 1 is 1.31 bits per heavy atom. The molecule has 8 heteroatoms. The minimum absolute atomic E-state index is 0.161. The Hall–Kier alpha value is -3.03. The van der Waals surface area contributed by atoms with E-state index >= 15 is 0 Å². The Labute approximate surface area is 150 Å². The van der Waals surface area contributed by atoms with Crippen molar-refractivity contribution < 1.29 is 9.21 Å². The number of hydrogen-bond acceptors (Lipinski definition) is 4. The maximum absolute atomic E-state index is 12.6. The maximum atomic E-state index is 12.6. The summed E-state index contributed by atoms with van der Waals surface area (Å²) in [6, 6.07) is 7.28. The van der Waals surface area contributed by atoms with Gasteiger partial charge in [0.25, 0.3) is 0 Å². The highest BCUT2D eigenvalue weighted by Gasteiger charge is 2.28. The minimum atomic E-state index is -0.421. The molecule has 1 N–H and O–H groups in total. The molecule has 0 unspecified atom stereocenters. The number of nitrogens with zero attached hydrogens (tertiary/aromatic N) is 4. The lowest BCUT2D eigenvalue weighted by atomic mass is 10.2. The largest absolute Gasteiger partial charge is 0.419 e. The lowest BCUT2D eigenvalue weighted by molar-refractivity contribution is 0.220. The smallest absolute Gasteiger partial charge is 0.408 e. The van der Waals surface area contributed by atoms with Crippen LogP contribution in [0, 0.1) is 13.8 Å². The number of fused-ring (bicyclic) bond motifs is 1. The zero-order valence-electron chi connectivity index (χ0n) is 15.0. The second-order valence-electron chi connectivity index (χ2n) is 6.80. The molecule has 136 valence electrons. The standard InChI is InChI=1S/C18H21N5O3/c1-11-8-12(2)23(20-11)14-6-7-22(10-14)17(24)19-13-4-5-15-16(9-13)26-18(25)21(15)3/h4-5,8-9,14H,6-7,10H2,1-3H3,(H,19,24)/t14-/m0/s1. The first-order valence-electron chi connectivity index (χ1n) is 8.60. The molecule has 3 heterocycles.